The van der Waals surface area contributed by atoms with E-state index in [2.05, 4.69) is 37.2 Å². The van der Waals surface area contributed by atoms with Crippen molar-refractivity contribution in [2.24, 2.45) is 0 Å². The first-order chi connectivity index (χ1) is 8.68. The lowest BCUT2D eigenvalue weighted by Crippen LogP contribution is -2.12. The van der Waals surface area contributed by atoms with Crippen molar-refractivity contribution >= 4 is 37.5 Å². The van der Waals surface area contributed by atoms with E-state index in [4.69, 9.17) is 0 Å². The van der Waals surface area contributed by atoms with Crippen LogP contribution in [0.5, 0.6) is 0 Å². The van der Waals surface area contributed by atoms with Crippen LogP contribution in [0.2, 0.25) is 0 Å². The van der Waals surface area contributed by atoms with E-state index in [9.17, 15) is 5.11 Å². The maximum atomic E-state index is 10.1. The van der Waals surface area contributed by atoms with E-state index in [1.165, 1.54) is 0 Å². The van der Waals surface area contributed by atoms with E-state index in [1.807, 2.05) is 48.5 Å². The summed E-state index contributed by atoms with van der Waals surface area (Å²) in [6.07, 6.45) is -0.523. The van der Waals surface area contributed by atoms with Crippen LogP contribution in [0.15, 0.2) is 57.5 Å². The summed E-state index contributed by atoms with van der Waals surface area (Å²) in [6, 6.07) is 15.5. The van der Waals surface area contributed by atoms with Gasteiger partial charge in [-0.2, -0.15) is 0 Å². The summed E-state index contributed by atoms with van der Waals surface area (Å²) >= 11 is 6.96. The minimum Gasteiger partial charge on any atom is -0.387 e. The summed E-state index contributed by atoms with van der Waals surface area (Å²) in [4.78, 5) is 0. The van der Waals surface area contributed by atoms with Crippen LogP contribution in [-0.4, -0.2) is 11.7 Å². The summed E-state index contributed by atoms with van der Waals surface area (Å²) in [6.45, 7) is 0.464. The van der Waals surface area contributed by atoms with Crippen molar-refractivity contribution in [1.82, 2.24) is 0 Å². The Labute approximate surface area is 123 Å². The molecule has 2 nitrogen and oxygen atoms in total. The molecule has 0 saturated carbocycles. The SMILES string of the molecule is OC(CNc1c(Br)cccc1Br)c1ccccc1. The average Bonchev–Trinajstić information content (AvgIpc) is 2.39. The highest BCUT2D eigenvalue weighted by Crippen LogP contribution is 2.31. The third-order valence-electron chi connectivity index (χ3n) is 2.62. The normalized spacial score (nSPS) is 12.2. The van der Waals surface area contributed by atoms with Crippen molar-refractivity contribution in [3.63, 3.8) is 0 Å². The van der Waals surface area contributed by atoms with Crippen molar-refractivity contribution in [3.05, 3.63) is 63.0 Å². The predicted molar refractivity (Wildman–Crippen MR) is 81.7 cm³/mol. The molecule has 0 aliphatic rings. The average molecular weight is 371 g/mol. The molecule has 0 fully saturated rings. The van der Waals surface area contributed by atoms with Crippen LogP contribution in [0.4, 0.5) is 5.69 Å². The monoisotopic (exact) mass is 369 g/mol. The second-order valence-corrected chi connectivity index (χ2v) is 5.61. The highest BCUT2D eigenvalue weighted by molar-refractivity contribution is 9.11. The molecule has 0 aromatic heterocycles. The van der Waals surface area contributed by atoms with Crippen molar-refractivity contribution < 1.29 is 5.11 Å². The highest BCUT2D eigenvalue weighted by atomic mass is 79.9. The van der Waals surface area contributed by atoms with Gasteiger partial charge in [0.1, 0.15) is 0 Å². The van der Waals surface area contributed by atoms with Crippen LogP contribution in [0.1, 0.15) is 11.7 Å². The van der Waals surface area contributed by atoms with Crippen LogP contribution in [0, 0.1) is 0 Å². The Morgan fingerprint density at radius 1 is 0.944 bits per heavy atom. The third-order valence-corrected chi connectivity index (χ3v) is 3.94. The lowest BCUT2D eigenvalue weighted by molar-refractivity contribution is 0.191. The fourth-order valence-electron chi connectivity index (χ4n) is 1.66. The first kappa shape index (κ1) is 13.6. The number of aliphatic hydroxyl groups is 1. The van der Waals surface area contributed by atoms with E-state index in [-0.39, 0.29) is 0 Å². The Hall–Kier alpha value is -0.840. The van der Waals surface area contributed by atoms with Gasteiger partial charge in [-0.1, -0.05) is 36.4 Å². The molecule has 2 aromatic carbocycles. The van der Waals surface area contributed by atoms with Gasteiger partial charge in [0.05, 0.1) is 11.8 Å². The van der Waals surface area contributed by atoms with Crippen LogP contribution < -0.4 is 5.32 Å². The number of para-hydroxylation sites is 1. The molecule has 0 aliphatic heterocycles. The Bertz CT molecular complexity index is 496. The number of rotatable bonds is 4. The van der Waals surface area contributed by atoms with Gasteiger partial charge in [-0.3, -0.25) is 0 Å². The standard InChI is InChI=1S/C14H13Br2NO/c15-11-7-4-8-12(16)14(11)17-9-13(18)10-5-2-1-3-6-10/h1-8,13,17-18H,9H2. The lowest BCUT2D eigenvalue weighted by Gasteiger charge is -2.15. The van der Waals surface area contributed by atoms with Crippen LogP contribution in [0.3, 0.4) is 0 Å². The molecule has 0 amide bonds. The number of nitrogens with one attached hydrogen (secondary N) is 1. The van der Waals surface area contributed by atoms with Crippen molar-refractivity contribution in [1.29, 1.82) is 0 Å². The Balaban J connectivity index is 2.04. The van der Waals surface area contributed by atoms with Crippen molar-refractivity contribution in [3.8, 4) is 0 Å². The zero-order valence-electron chi connectivity index (χ0n) is 9.61. The van der Waals surface area contributed by atoms with E-state index in [0.717, 1.165) is 20.2 Å². The molecule has 94 valence electrons. The van der Waals surface area contributed by atoms with Gasteiger partial charge in [-0.05, 0) is 49.6 Å². The molecule has 0 aliphatic carbocycles. The molecular formula is C14H13Br2NO. The highest BCUT2D eigenvalue weighted by Gasteiger charge is 2.09. The predicted octanol–water partition coefficient (Wildman–Crippen LogP) is 4.36. The molecule has 0 bridgehead atoms. The number of aliphatic hydroxyl groups excluding tert-OH is 1. The molecule has 1 atom stereocenters. The minimum atomic E-state index is -0.523. The van der Waals surface area contributed by atoms with Gasteiger partial charge in [0.2, 0.25) is 0 Å². The topological polar surface area (TPSA) is 32.3 Å². The van der Waals surface area contributed by atoms with Gasteiger partial charge in [0.25, 0.3) is 0 Å². The summed E-state index contributed by atoms with van der Waals surface area (Å²) in [5, 5.41) is 13.3. The lowest BCUT2D eigenvalue weighted by atomic mass is 10.1. The molecule has 0 radical (unpaired) electrons. The van der Waals surface area contributed by atoms with Gasteiger partial charge in [0, 0.05) is 15.5 Å². The van der Waals surface area contributed by atoms with Crippen LogP contribution >= 0.6 is 31.9 Å². The minimum absolute atomic E-state index is 0.464. The molecular weight excluding hydrogens is 358 g/mol. The van der Waals surface area contributed by atoms with E-state index in [0.29, 0.717) is 6.54 Å². The first-order valence-corrected chi connectivity index (χ1v) is 7.18. The molecule has 0 spiro atoms. The molecule has 2 aromatic rings. The number of anilines is 1. The molecule has 1 unspecified atom stereocenters. The second kappa shape index (κ2) is 6.36. The van der Waals surface area contributed by atoms with Crippen molar-refractivity contribution in [2.45, 2.75) is 6.10 Å². The quantitative estimate of drug-likeness (QED) is 0.838. The van der Waals surface area contributed by atoms with Gasteiger partial charge in [-0.15, -0.1) is 0 Å². The summed E-state index contributed by atoms with van der Waals surface area (Å²) in [5.74, 6) is 0. The Morgan fingerprint density at radius 3 is 2.17 bits per heavy atom. The molecule has 4 heteroatoms. The summed E-state index contributed by atoms with van der Waals surface area (Å²) in [5.41, 5.74) is 1.86. The molecule has 0 heterocycles. The van der Waals surface area contributed by atoms with Gasteiger partial charge in [-0.25, -0.2) is 0 Å². The molecule has 2 rings (SSSR count). The number of halogens is 2. The zero-order valence-corrected chi connectivity index (χ0v) is 12.8. The fraction of sp³-hybridized carbons (Fsp3) is 0.143. The van der Waals surface area contributed by atoms with Crippen molar-refractivity contribution in [2.75, 3.05) is 11.9 Å². The molecule has 0 saturated heterocycles. The number of hydrogen-bond donors (Lipinski definition) is 2. The van der Waals surface area contributed by atoms with Gasteiger partial charge in [0.15, 0.2) is 0 Å². The maximum absolute atomic E-state index is 10.1. The van der Waals surface area contributed by atoms with Gasteiger partial charge < -0.3 is 10.4 Å². The first-order valence-electron chi connectivity index (χ1n) is 5.59. The maximum Gasteiger partial charge on any atom is 0.0962 e. The Kier molecular flexibility index (Phi) is 4.80. The van der Waals surface area contributed by atoms with Gasteiger partial charge >= 0.3 is 0 Å². The van der Waals surface area contributed by atoms with Crippen LogP contribution in [0.25, 0.3) is 0 Å². The summed E-state index contributed by atoms with van der Waals surface area (Å²) < 4.78 is 1.94. The third kappa shape index (κ3) is 3.34. The fourth-order valence-corrected chi connectivity index (χ4v) is 2.94. The van der Waals surface area contributed by atoms with Crippen LogP contribution in [-0.2, 0) is 0 Å². The van der Waals surface area contributed by atoms with E-state index in [1.54, 1.807) is 0 Å². The summed E-state index contributed by atoms with van der Waals surface area (Å²) in [7, 11) is 0. The van der Waals surface area contributed by atoms with E-state index < -0.39 is 6.10 Å². The number of benzene rings is 2. The largest absolute Gasteiger partial charge is 0.387 e. The van der Waals surface area contributed by atoms with E-state index >= 15 is 0 Å². The second-order valence-electron chi connectivity index (χ2n) is 3.90. The molecule has 18 heavy (non-hydrogen) atoms. The number of hydrogen-bond acceptors (Lipinski definition) is 2. The smallest absolute Gasteiger partial charge is 0.0962 e. The zero-order chi connectivity index (χ0) is 13.0. The molecule has 2 N–H and O–H groups in total. The Morgan fingerprint density at radius 2 is 1.56 bits per heavy atom.